The Balaban J connectivity index is 1.65. The molecule has 13 nitrogen and oxygen atoms in total. The second-order valence-electron chi connectivity index (χ2n) is 5.77. The SMILES string of the molecule is COc1cc(C(=O)Nc2nnc(SCC(=O)Nc3nnc(C)s3)s2)c([N+](=O)[O-])cc1OC. The van der Waals surface area contributed by atoms with Crippen molar-refractivity contribution in [2.75, 3.05) is 30.6 Å². The third kappa shape index (κ3) is 5.65. The summed E-state index contributed by atoms with van der Waals surface area (Å²) in [5, 5.41) is 33.1. The maximum absolute atomic E-state index is 12.6. The number of carbonyl (C=O) groups excluding carboxylic acids is 2. The van der Waals surface area contributed by atoms with Crippen molar-refractivity contribution in [2.45, 2.75) is 11.3 Å². The number of nitro groups is 1. The van der Waals surface area contributed by atoms with Crippen LogP contribution in [0.2, 0.25) is 0 Å². The van der Waals surface area contributed by atoms with E-state index in [4.69, 9.17) is 9.47 Å². The lowest BCUT2D eigenvalue weighted by Gasteiger charge is -2.10. The minimum Gasteiger partial charge on any atom is -0.493 e. The first kappa shape index (κ1) is 23.3. The molecule has 32 heavy (non-hydrogen) atoms. The average molecular weight is 498 g/mol. The van der Waals surface area contributed by atoms with Gasteiger partial charge in [0.2, 0.25) is 16.2 Å². The van der Waals surface area contributed by atoms with E-state index in [1.54, 1.807) is 6.92 Å². The number of methoxy groups -OCH3 is 2. The predicted octanol–water partition coefficient (Wildman–Crippen LogP) is 2.61. The molecule has 3 rings (SSSR count). The summed E-state index contributed by atoms with van der Waals surface area (Å²) in [5.74, 6) is -0.745. The number of aromatic nitrogens is 4. The summed E-state index contributed by atoms with van der Waals surface area (Å²) in [6, 6.07) is 2.32. The van der Waals surface area contributed by atoms with E-state index in [9.17, 15) is 19.7 Å². The zero-order valence-electron chi connectivity index (χ0n) is 16.8. The van der Waals surface area contributed by atoms with Crippen molar-refractivity contribution in [3.05, 3.63) is 32.8 Å². The number of thioether (sulfide) groups is 1. The minimum atomic E-state index is -0.769. The van der Waals surface area contributed by atoms with Gasteiger partial charge in [0.15, 0.2) is 15.8 Å². The quantitative estimate of drug-likeness (QED) is 0.193. The standard InChI is InChI=1S/C16H15N7O6S3/c1-7-19-20-14(31-7)17-12(24)6-30-16-22-21-15(32-16)18-13(25)8-4-10(28-2)11(29-3)5-9(8)23(26)27/h4-5H,6H2,1-3H3,(H,17,20,24)(H,18,21,25). The smallest absolute Gasteiger partial charge is 0.286 e. The monoisotopic (exact) mass is 497 g/mol. The van der Waals surface area contributed by atoms with Gasteiger partial charge in [-0.3, -0.25) is 30.3 Å². The minimum absolute atomic E-state index is 0.0440. The number of nitro benzene ring substituents is 1. The Morgan fingerprint density at radius 1 is 1.06 bits per heavy atom. The molecule has 0 radical (unpaired) electrons. The topological polar surface area (TPSA) is 171 Å². The van der Waals surface area contributed by atoms with Gasteiger partial charge in [0.25, 0.3) is 11.6 Å². The third-order valence-electron chi connectivity index (χ3n) is 3.67. The molecule has 0 atom stereocenters. The normalized spacial score (nSPS) is 10.5. The van der Waals surface area contributed by atoms with Gasteiger partial charge in [-0.2, -0.15) is 0 Å². The molecule has 16 heteroatoms. The van der Waals surface area contributed by atoms with E-state index in [1.165, 1.54) is 31.6 Å². The van der Waals surface area contributed by atoms with E-state index in [0.29, 0.717) is 9.47 Å². The van der Waals surface area contributed by atoms with Gasteiger partial charge in [0.1, 0.15) is 10.6 Å². The summed E-state index contributed by atoms with van der Waals surface area (Å²) in [6.07, 6.45) is 0. The lowest BCUT2D eigenvalue weighted by Crippen LogP contribution is -2.14. The van der Waals surface area contributed by atoms with Crippen LogP contribution in [-0.4, -0.2) is 57.1 Å². The number of carbonyl (C=O) groups is 2. The molecule has 0 unspecified atom stereocenters. The van der Waals surface area contributed by atoms with Crippen molar-refractivity contribution >= 4 is 62.2 Å². The molecule has 2 N–H and O–H groups in total. The highest BCUT2D eigenvalue weighted by atomic mass is 32.2. The Morgan fingerprint density at radius 3 is 2.34 bits per heavy atom. The number of aryl methyl sites for hydroxylation is 1. The van der Waals surface area contributed by atoms with Crippen LogP contribution in [0.5, 0.6) is 11.5 Å². The molecule has 2 amide bonds. The Bertz CT molecular complexity index is 1160. The van der Waals surface area contributed by atoms with Crippen LogP contribution >= 0.6 is 34.4 Å². The van der Waals surface area contributed by atoms with E-state index >= 15 is 0 Å². The van der Waals surface area contributed by atoms with Crippen molar-refractivity contribution < 1.29 is 24.0 Å². The van der Waals surface area contributed by atoms with E-state index in [-0.39, 0.29) is 33.9 Å². The number of nitrogens with zero attached hydrogens (tertiary/aromatic N) is 5. The second-order valence-corrected chi connectivity index (χ2v) is 9.15. The molecule has 168 valence electrons. The van der Waals surface area contributed by atoms with Gasteiger partial charge in [0.05, 0.1) is 31.0 Å². The molecule has 0 fully saturated rings. The molecule has 0 saturated carbocycles. The lowest BCUT2D eigenvalue weighted by atomic mass is 10.1. The van der Waals surface area contributed by atoms with Crippen LogP contribution in [0.3, 0.4) is 0 Å². The first-order chi connectivity index (χ1) is 15.3. The maximum atomic E-state index is 12.6. The molecule has 0 saturated heterocycles. The predicted molar refractivity (Wildman–Crippen MR) is 118 cm³/mol. The molecule has 0 bridgehead atoms. The summed E-state index contributed by atoms with van der Waals surface area (Å²) in [5.41, 5.74) is -0.688. The van der Waals surface area contributed by atoms with Crippen LogP contribution in [0.15, 0.2) is 16.5 Å². The van der Waals surface area contributed by atoms with Crippen molar-refractivity contribution in [3.8, 4) is 11.5 Å². The molecule has 0 spiro atoms. The van der Waals surface area contributed by atoms with Gasteiger partial charge in [-0.15, -0.1) is 20.4 Å². The molecule has 0 aliphatic rings. The molecule has 0 aliphatic heterocycles. The first-order valence-corrected chi connectivity index (χ1v) is 11.2. The van der Waals surface area contributed by atoms with Crippen LogP contribution < -0.4 is 20.1 Å². The number of benzene rings is 1. The summed E-state index contributed by atoms with van der Waals surface area (Å²) in [4.78, 5) is 35.3. The van der Waals surface area contributed by atoms with E-state index in [2.05, 4.69) is 31.0 Å². The summed E-state index contributed by atoms with van der Waals surface area (Å²) in [7, 11) is 2.68. The Morgan fingerprint density at radius 2 is 1.72 bits per heavy atom. The van der Waals surface area contributed by atoms with E-state index < -0.39 is 16.5 Å². The lowest BCUT2D eigenvalue weighted by molar-refractivity contribution is -0.385. The highest BCUT2D eigenvalue weighted by Gasteiger charge is 2.25. The number of nitrogens with one attached hydrogen (secondary N) is 2. The van der Waals surface area contributed by atoms with E-state index in [0.717, 1.165) is 34.2 Å². The van der Waals surface area contributed by atoms with E-state index in [1.807, 2.05) is 0 Å². The Kier molecular flexibility index (Phi) is 7.49. The molecule has 0 aliphatic carbocycles. The number of hydrogen-bond acceptors (Lipinski definition) is 13. The van der Waals surface area contributed by atoms with Crippen molar-refractivity contribution in [1.82, 2.24) is 20.4 Å². The molecule has 2 aromatic heterocycles. The maximum Gasteiger partial charge on any atom is 0.286 e. The van der Waals surface area contributed by atoms with Crippen LogP contribution in [0.25, 0.3) is 0 Å². The van der Waals surface area contributed by atoms with Gasteiger partial charge in [-0.05, 0) is 6.92 Å². The van der Waals surface area contributed by atoms with Crippen LogP contribution in [0.4, 0.5) is 16.0 Å². The highest BCUT2D eigenvalue weighted by molar-refractivity contribution is 8.01. The Labute approximate surface area is 192 Å². The third-order valence-corrected chi connectivity index (χ3v) is 6.40. The van der Waals surface area contributed by atoms with Gasteiger partial charge in [-0.1, -0.05) is 34.4 Å². The van der Waals surface area contributed by atoms with Gasteiger partial charge in [0, 0.05) is 6.07 Å². The van der Waals surface area contributed by atoms with Crippen molar-refractivity contribution in [2.24, 2.45) is 0 Å². The fourth-order valence-electron chi connectivity index (χ4n) is 2.31. The molecular weight excluding hydrogens is 482 g/mol. The number of anilines is 2. The van der Waals surface area contributed by atoms with Crippen LogP contribution in [-0.2, 0) is 4.79 Å². The number of ether oxygens (including phenoxy) is 2. The number of amides is 2. The van der Waals surface area contributed by atoms with Gasteiger partial charge < -0.3 is 9.47 Å². The molecule has 1 aromatic carbocycles. The molecule has 3 aromatic rings. The average Bonchev–Trinajstić information content (AvgIpc) is 3.39. The first-order valence-electron chi connectivity index (χ1n) is 8.58. The fraction of sp³-hybridized carbons (Fsp3) is 0.250. The number of hydrogen-bond donors (Lipinski definition) is 2. The summed E-state index contributed by atoms with van der Waals surface area (Å²) < 4.78 is 10.6. The molecule has 2 heterocycles. The zero-order valence-corrected chi connectivity index (χ0v) is 19.2. The highest BCUT2D eigenvalue weighted by Crippen LogP contribution is 2.35. The van der Waals surface area contributed by atoms with Gasteiger partial charge in [-0.25, -0.2) is 0 Å². The fourth-order valence-corrected chi connectivity index (χ4v) is 4.47. The largest absolute Gasteiger partial charge is 0.493 e. The van der Waals surface area contributed by atoms with Gasteiger partial charge >= 0.3 is 0 Å². The Hall–Kier alpha value is -3.37. The second kappa shape index (κ2) is 10.3. The summed E-state index contributed by atoms with van der Waals surface area (Å²) >= 11 is 3.38. The summed E-state index contributed by atoms with van der Waals surface area (Å²) in [6.45, 7) is 1.77. The van der Waals surface area contributed by atoms with Crippen molar-refractivity contribution in [1.29, 1.82) is 0 Å². The zero-order chi connectivity index (χ0) is 23.3. The van der Waals surface area contributed by atoms with Crippen LogP contribution in [0.1, 0.15) is 15.4 Å². The van der Waals surface area contributed by atoms with Crippen LogP contribution in [0, 0.1) is 17.0 Å². The molecular formula is C16H15N7O6S3. The van der Waals surface area contributed by atoms with Crippen molar-refractivity contribution in [3.63, 3.8) is 0 Å². The number of rotatable bonds is 9.